The van der Waals surface area contributed by atoms with E-state index in [1.165, 1.54) is 23.5 Å². The van der Waals surface area contributed by atoms with Gasteiger partial charge in [0.05, 0.1) is 18.5 Å². The van der Waals surface area contributed by atoms with Gasteiger partial charge in [0, 0.05) is 26.6 Å². The van der Waals surface area contributed by atoms with Crippen molar-refractivity contribution in [3.63, 3.8) is 0 Å². The van der Waals surface area contributed by atoms with Crippen molar-refractivity contribution in [3.05, 3.63) is 59.7 Å². The summed E-state index contributed by atoms with van der Waals surface area (Å²) in [6.07, 6.45) is 3.30. The maximum absolute atomic E-state index is 13.4. The van der Waals surface area contributed by atoms with E-state index in [1.54, 1.807) is 43.4 Å². The SMILES string of the molecule is CN1CCOc2ccccc2C(=O)N[C@H](C(=O)NCCN2CCCCC2)CC(=O)N[C@@H](Cc2ccc(O)cc2)C1=O. The minimum absolute atomic E-state index is 0.0922. The number of nitrogens with zero attached hydrogens (tertiary/aromatic N) is 2. The number of piperidine rings is 1. The van der Waals surface area contributed by atoms with Crippen LogP contribution >= 0.6 is 0 Å². The molecule has 1 fully saturated rings. The molecule has 0 bridgehead atoms. The molecule has 220 valence electrons. The highest BCUT2D eigenvalue weighted by Gasteiger charge is 2.30. The van der Waals surface area contributed by atoms with Crippen molar-refractivity contribution in [1.29, 1.82) is 0 Å². The van der Waals surface area contributed by atoms with Crippen LogP contribution in [0.25, 0.3) is 0 Å². The van der Waals surface area contributed by atoms with Crippen molar-refractivity contribution in [2.24, 2.45) is 0 Å². The maximum Gasteiger partial charge on any atom is 0.255 e. The van der Waals surface area contributed by atoms with Crippen molar-refractivity contribution in [2.45, 2.75) is 44.2 Å². The smallest absolute Gasteiger partial charge is 0.255 e. The lowest BCUT2D eigenvalue weighted by Gasteiger charge is -2.27. The van der Waals surface area contributed by atoms with Crippen LogP contribution in [0.4, 0.5) is 0 Å². The van der Waals surface area contributed by atoms with Crippen molar-refractivity contribution >= 4 is 23.6 Å². The van der Waals surface area contributed by atoms with Gasteiger partial charge in [-0.1, -0.05) is 30.7 Å². The summed E-state index contributed by atoms with van der Waals surface area (Å²) in [7, 11) is 1.62. The van der Waals surface area contributed by atoms with E-state index in [4.69, 9.17) is 4.74 Å². The molecular formula is C30H39N5O6. The Kier molecular flexibility index (Phi) is 10.6. The van der Waals surface area contributed by atoms with E-state index < -0.39 is 29.8 Å². The molecule has 0 aliphatic carbocycles. The average Bonchev–Trinajstić information content (AvgIpc) is 2.97. The number of nitrogens with one attached hydrogen (secondary N) is 3. The van der Waals surface area contributed by atoms with Crippen molar-refractivity contribution in [1.82, 2.24) is 25.8 Å². The third-order valence-electron chi connectivity index (χ3n) is 7.39. The summed E-state index contributed by atoms with van der Waals surface area (Å²) in [5.74, 6) is -1.48. The van der Waals surface area contributed by atoms with E-state index in [-0.39, 0.29) is 43.2 Å². The second-order valence-corrected chi connectivity index (χ2v) is 10.5. The number of carbonyl (C=O) groups excluding carboxylic acids is 4. The summed E-state index contributed by atoms with van der Waals surface area (Å²) in [4.78, 5) is 56.9. The fourth-order valence-electron chi connectivity index (χ4n) is 5.04. The number of ether oxygens (including phenoxy) is 1. The molecule has 1 saturated heterocycles. The minimum Gasteiger partial charge on any atom is -0.508 e. The third-order valence-corrected chi connectivity index (χ3v) is 7.39. The monoisotopic (exact) mass is 565 g/mol. The second-order valence-electron chi connectivity index (χ2n) is 10.5. The molecule has 0 saturated carbocycles. The third kappa shape index (κ3) is 8.68. The van der Waals surface area contributed by atoms with Crippen molar-refractivity contribution in [2.75, 3.05) is 46.4 Å². The number of carbonyl (C=O) groups is 4. The summed E-state index contributed by atoms with van der Waals surface area (Å²) in [5.41, 5.74) is 0.969. The van der Waals surface area contributed by atoms with E-state index >= 15 is 0 Å². The highest BCUT2D eigenvalue weighted by atomic mass is 16.5. The Labute approximate surface area is 240 Å². The summed E-state index contributed by atoms with van der Waals surface area (Å²) in [6.45, 7) is 3.38. The summed E-state index contributed by atoms with van der Waals surface area (Å²) >= 11 is 0. The highest BCUT2D eigenvalue weighted by molar-refractivity contribution is 6.01. The Hall–Kier alpha value is -4.12. The lowest BCUT2D eigenvalue weighted by molar-refractivity contribution is -0.136. The molecule has 2 heterocycles. The van der Waals surface area contributed by atoms with Gasteiger partial charge < -0.3 is 35.6 Å². The number of hydrogen-bond donors (Lipinski definition) is 4. The molecule has 2 aromatic carbocycles. The molecule has 4 rings (SSSR count). The van der Waals surface area contributed by atoms with Gasteiger partial charge in [0.1, 0.15) is 30.2 Å². The van der Waals surface area contributed by atoms with Gasteiger partial charge in [-0.15, -0.1) is 0 Å². The van der Waals surface area contributed by atoms with Crippen LogP contribution in [0.15, 0.2) is 48.5 Å². The zero-order chi connectivity index (χ0) is 29.2. The van der Waals surface area contributed by atoms with Crippen LogP contribution in [0.3, 0.4) is 0 Å². The Bertz CT molecular complexity index is 1210. The van der Waals surface area contributed by atoms with Crippen LogP contribution in [0.1, 0.15) is 41.6 Å². The van der Waals surface area contributed by atoms with Crippen LogP contribution in [0.2, 0.25) is 0 Å². The van der Waals surface area contributed by atoms with E-state index in [2.05, 4.69) is 20.9 Å². The Morgan fingerprint density at radius 1 is 1.00 bits per heavy atom. The average molecular weight is 566 g/mol. The lowest BCUT2D eigenvalue weighted by atomic mass is 10.0. The van der Waals surface area contributed by atoms with Gasteiger partial charge in [0.15, 0.2) is 0 Å². The molecule has 41 heavy (non-hydrogen) atoms. The predicted molar refractivity (Wildman–Crippen MR) is 152 cm³/mol. The molecule has 0 unspecified atom stereocenters. The zero-order valence-electron chi connectivity index (χ0n) is 23.4. The maximum atomic E-state index is 13.4. The predicted octanol–water partition coefficient (Wildman–Crippen LogP) is 1.06. The van der Waals surface area contributed by atoms with Crippen molar-refractivity contribution in [3.8, 4) is 11.5 Å². The van der Waals surface area contributed by atoms with Gasteiger partial charge in [0.25, 0.3) is 5.91 Å². The second kappa shape index (κ2) is 14.5. The first-order chi connectivity index (χ1) is 19.8. The zero-order valence-corrected chi connectivity index (χ0v) is 23.4. The van der Waals surface area contributed by atoms with E-state index in [1.807, 2.05) is 0 Å². The van der Waals surface area contributed by atoms with Gasteiger partial charge >= 0.3 is 0 Å². The number of benzene rings is 2. The fourth-order valence-corrected chi connectivity index (χ4v) is 5.04. The van der Waals surface area contributed by atoms with Gasteiger partial charge in [-0.05, 0) is 55.8 Å². The molecule has 0 spiro atoms. The largest absolute Gasteiger partial charge is 0.508 e. The molecule has 11 nitrogen and oxygen atoms in total. The molecular weight excluding hydrogens is 526 g/mol. The lowest BCUT2D eigenvalue weighted by Crippen LogP contribution is -2.53. The van der Waals surface area contributed by atoms with Crippen LogP contribution in [0.5, 0.6) is 11.5 Å². The van der Waals surface area contributed by atoms with E-state index in [9.17, 15) is 24.3 Å². The minimum atomic E-state index is -1.16. The number of fused-ring (bicyclic) bond motifs is 1. The van der Waals surface area contributed by atoms with Gasteiger partial charge in [-0.3, -0.25) is 19.2 Å². The molecule has 4 amide bonds. The van der Waals surface area contributed by atoms with Crippen LogP contribution in [-0.4, -0.2) is 97.0 Å². The topological polar surface area (TPSA) is 140 Å². The number of aromatic hydroxyl groups is 1. The number of para-hydroxylation sites is 1. The highest BCUT2D eigenvalue weighted by Crippen LogP contribution is 2.19. The first kappa shape index (κ1) is 29.9. The number of phenols is 1. The van der Waals surface area contributed by atoms with Crippen LogP contribution in [0, 0.1) is 0 Å². The number of phenolic OH excluding ortho intramolecular Hbond substituents is 1. The normalized spacial score (nSPS) is 21.1. The number of likely N-dealkylation sites (tertiary alicyclic amines) is 1. The fraction of sp³-hybridized carbons (Fsp3) is 0.467. The molecule has 2 aliphatic heterocycles. The molecule has 2 aliphatic rings. The molecule has 2 atom stereocenters. The molecule has 2 aromatic rings. The van der Waals surface area contributed by atoms with Crippen LogP contribution < -0.4 is 20.7 Å². The van der Waals surface area contributed by atoms with Gasteiger partial charge in [-0.25, -0.2) is 0 Å². The number of hydrogen-bond acceptors (Lipinski definition) is 7. The number of rotatable bonds is 6. The first-order valence-corrected chi connectivity index (χ1v) is 14.1. The molecule has 4 N–H and O–H groups in total. The summed E-state index contributed by atoms with van der Waals surface area (Å²) in [6, 6.07) is 11.0. The first-order valence-electron chi connectivity index (χ1n) is 14.1. The quantitative estimate of drug-likeness (QED) is 0.411. The van der Waals surface area contributed by atoms with E-state index in [0.29, 0.717) is 18.8 Å². The molecule has 0 aromatic heterocycles. The molecule has 11 heteroatoms. The Balaban J connectivity index is 1.53. The number of likely N-dealkylation sites (N-methyl/N-ethyl adjacent to an activating group) is 1. The van der Waals surface area contributed by atoms with Gasteiger partial charge in [0.2, 0.25) is 17.7 Å². The standard InChI is InChI=1S/C30H39N5O6/c1-34-17-18-41-26-8-4-3-7-23(26)28(38)33-24(29(39)31-13-16-35-14-5-2-6-15-35)20-27(37)32-25(30(34)40)19-21-9-11-22(36)12-10-21/h3-4,7-12,24-25,36H,2,5-6,13-20H2,1H3,(H,31,39)(H,32,37)(H,33,38)/t24-,25-/m0/s1. The van der Waals surface area contributed by atoms with Crippen molar-refractivity contribution < 1.29 is 29.0 Å². The Morgan fingerprint density at radius 3 is 2.49 bits per heavy atom. The summed E-state index contributed by atoms with van der Waals surface area (Å²) < 4.78 is 5.86. The number of amides is 4. The van der Waals surface area contributed by atoms with Gasteiger partial charge in [-0.2, -0.15) is 0 Å². The van der Waals surface area contributed by atoms with Crippen LogP contribution in [-0.2, 0) is 20.8 Å². The summed E-state index contributed by atoms with van der Waals surface area (Å²) in [5, 5.41) is 18.0. The van der Waals surface area contributed by atoms with E-state index in [0.717, 1.165) is 31.5 Å². The Morgan fingerprint density at radius 2 is 1.73 bits per heavy atom. The molecule has 0 radical (unpaired) electrons.